The molecule has 5 nitrogen and oxygen atoms in total. The number of benzene rings is 2. The summed E-state index contributed by atoms with van der Waals surface area (Å²) < 4.78 is 0. The number of hydrogen-bond donors (Lipinski definition) is 2. The second-order valence-corrected chi connectivity index (χ2v) is 6.08. The third kappa shape index (κ3) is 4.30. The summed E-state index contributed by atoms with van der Waals surface area (Å²) in [6.07, 6.45) is 1.56. The first kappa shape index (κ1) is 17.7. The molecule has 134 valence electrons. The highest BCUT2D eigenvalue weighted by Crippen LogP contribution is 2.25. The summed E-state index contributed by atoms with van der Waals surface area (Å²) in [7, 11) is 0. The fourth-order valence-electron chi connectivity index (χ4n) is 2.87. The summed E-state index contributed by atoms with van der Waals surface area (Å²) >= 11 is 0. The van der Waals surface area contributed by atoms with Crippen LogP contribution in [-0.4, -0.2) is 23.1 Å². The number of nitrogens with one attached hydrogen (secondary N) is 2. The van der Waals surface area contributed by atoms with Crippen molar-refractivity contribution in [2.24, 2.45) is 0 Å². The maximum absolute atomic E-state index is 4.33. The Hall–Kier alpha value is -3.08. The average molecular weight is 347 g/mol. The first-order valence-electron chi connectivity index (χ1n) is 8.96. The van der Waals surface area contributed by atoms with Gasteiger partial charge in [0.25, 0.3) is 0 Å². The molecule has 1 aromatic heterocycles. The van der Waals surface area contributed by atoms with Gasteiger partial charge in [-0.25, -0.2) is 9.97 Å². The van der Waals surface area contributed by atoms with Crippen molar-refractivity contribution >= 4 is 28.7 Å². The van der Waals surface area contributed by atoms with Crippen molar-refractivity contribution in [3.63, 3.8) is 0 Å². The molecule has 0 amide bonds. The van der Waals surface area contributed by atoms with Crippen LogP contribution in [-0.2, 0) is 0 Å². The Labute approximate surface area is 155 Å². The van der Waals surface area contributed by atoms with Crippen LogP contribution in [0.3, 0.4) is 0 Å². The van der Waals surface area contributed by atoms with Gasteiger partial charge in [0.2, 0.25) is 0 Å². The summed E-state index contributed by atoms with van der Waals surface area (Å²) in [6.45, 7) is 8.46. The topological polar surface area (TPSA) is 53.1 Å². The number of hydrogen-bond acceptors (Lipinski definition) is 5. The van der Waals surface area contributed by atoms with Crippen LogP contribution in [0.1, 0.15) is 19.4 Å². The highest BCUT2D eigenvalue weighted by molar-refractivity contribution is 5.67. The van der Waals surface area contributed by atoms with Crippen molar-refractivity contribution < 1.29 is 0 Å². The quantitative estimate of drug-likeness (QED) is 0.621. The second kappa shape index (κ2) is 8.34. The van der Waals surface area contributed by atoms with E-state index in [1.54, 1.807) is 6.33 Å². The van der Waals surface area contributed by atoms with Crippen molar-refractivity contribution in [2.45, 2.75) is 20.8 Å². The van der Waals surface area contributed by atoms with Crippen LogP contribution in [0.2, 0.25) is 0 Å². The van der Waals surface area contributed by atoms with E-state index in [1.807, 2.05) is 36.4 Å². The van der Waals surface area contributed by atoms with Crippen LogP contribution in [0.4, 0.5) is 28.7 Å². The first-order chi connectivity index (χ1) is 12.7. The Morgan fingerprint density at radius 1 is 0.846 bits per heavy atom. The zero-order chi connectivity index (χ0) is 18.4. The molecule has 26 heavy (non-hydrogen) atoms. The average Bonchev–Trinajstić information content (AvgIpc) is 2.66. The maximum Gasteiger partial charge on any atom is 0.135 e. The van der Waals surface area contributed by atoms with Crippen LogP contribution >= 0.6 is 0 Å². The third-order valence-corrected chi connectivity index (χ3v) is 4.31. The predicted molar refractivity (Wildman–Crippen MR) is 110 cm³/mol. The minimum atomic E-state index is 0.756. The Morgan fingerprint density at radius 2 is 1.54 bits per heavy atom. The van der Waals surface area contributed by atoms with E-state index in [-0.39, 0.29) is 0 Å². The fraction of sp³-hybridized carbons (Fsp3) is 0.238. The Morgan fingerprint density at radius 3 is 2.19 bits per heavy atom. The molecule has 3 rings (SSSR count). The molecule has 0 saturated heterocycles. The molecule has 3 aromatic rings. The molecule has 0 fully saturated rings. The zero-order valence-electron chi connectivity index (χ0n) is 15.5. The molecule has 0 aliphatic carbocycles. The van der Waals surface area contributed by atoms with Crippen molar-refractivity contribution in [3.8, 4) is 0 Å². The van der Waals surface area contributed by atoms with E-state index in [0.29, 0.717) is 0 Å². The van der Waals surface area contributed by atoms with Gasteiger partial charge in [0.15, 0.2) is 0 Å². The monoisotopic (exact) mass is 347 g/mol. The van der Waals surface area contributed by atoms with Crippen LogP contribution in [0.5, 0.6) is 0 Å². The highest BCUT2D eigenvalue weighted by atomic mass is 15.1. The van der Waals surface area contributed by atoms with Crippen LogP contribution in [0.15, 0.2) is 60.9 Å². The molecule has 2 N–H and O–H groups in total. The molecule has 2 aromatic carbocycles. The maximum atomic E-state index is 4.33. The molecular weight excluding hydrogens is 322 g/mol. The first-order valence-corrected chi connectivity index (χ1v) is 8.96. The van der Waals surface area contributed by atoms with E-state index < -0.39 is 0 Å². The van der Waals surface area contributed by atoms with Crippen molar-refractivity contribution in [2.75, 3.05) is 28.6 Å². The third-order valence-electron chi connectivity index (χ3n) is 4.31. The van der Waals surface area contributed by atoms with Gasteiger partial charge in [-0.1, -0.05) is 18.2 Å². The molecular formula is C21H25N5. The SMILES string of the molecule is CCN(CC)c1ccc(Nc2cc(Nc3ccccc3)ncn2)c(C)c1. The van der Waals surface area contributed by atoms with E-state index in [9.17, 15) is 0 Å². The Bertz CT molecular complexity index is 844. The van der Waals surface area contributed by atoms with Gasteiger partial charge in [0.1, 0.15) is 18.0 Å². The largest absolute Gasteiger partial charge is 0.372 e. The van der Waals surface area contributed by atoms with Gasteiger partial charge < -0.3 is 15.5 Å². The predicted octanol–water partition coefficient (Wildman–Crippen LogP) is 5.12. The van der Waals surface area contributed by atoms with Gasteiger partial charge >= 0.3 is 0 Å². The summed E-state index contributed by atoms with van der Waals surface area (Å²) in [5.41, 5.74) is 4.47. The Kier molecular flexibility index (Phi) is 5.69. The van der Waals surface area contributed by atoms with Gasteiger partial charge in [-0.3, -0.25) is 0 Å². The lowest BCUT2D eigenvalue weighted by atomic mass is 10.1. The van der Waals surface area contributed by atoms with Crippen LogP contribution < -0.4 is 15.5 Å². The second-order valence-electron chi connectivity index (χ2n) is 6.08. The standard InChI is InChI=1S/C21H25N5/c1-4-26(5-2)18-11-12-19(16(3)13-18)25-21-14-20(22-15-23-21)24-17-9-7-6-8-10-17/h6-15H,4-5H2,1-3H3,(H2,22,23,24,25). The van der Waals surface area contributed by atoms with Gasteiger partial charge in [0, 0.05) is 36.2 Å². The zero-order valence-corrected chi connectivity index (χ0v) is 15.5. The van der Waals surface area contributed by atoms with Crippen LogP contribution in [0, 0.1) is 6.92 Å². The molecule has 0 spiro atoms. The molecule has 5 heteroatoms. The number of rotatable bonds is 7. The minimum Gasteiger partial charge on any atom is -0.372 e. The van der Waals surface area contributed by atoms with Crippen molar-refractivity contribution in [1.29, 1.82) is 0 Å². The lowest BCUT2D eigenvalue weighted by Crippen LogP contribution is -2.21. The van der Waals surface area contributed by atoms with E-state index in [4.69, 9.17) is 0 Å². The molecule has 0 aliphatic rings. The molecule has 0 unspecified atom stereocenters. The smallest absolute Gasteiger partial charge is 0.135 e. The molecule has 0 aliphatic heterocycles. The normalized spacial score (nSPS) is 10.4. The van der Waals surface area contributed by atoms with Gasteiger partial charge in [-0.15, -0.1) is 0 Å². The summed E-state index contributed by atoms with van der Waals surface area (Å²) in [5.74, 6) is 1.52. The van der Waals surface area contributed by atoms with E-state index in [2.05, 4.69) is 64.5 Å². The minimum absolute atomic E-state index is 0.756. The number of aryl methyl sites for hydroxylation is 1. The number of aromatic nitrogens is 2. The van der Waals surface area contributed by atoms with E-state index >= 15 is 0 Å². The van der Waals surface area contributed by atoms with Crippen molar-refractivity contribution in [1.82, 2.24) is 9.97 Å². The molecule has 1 heterocycles. The summed E-state index contributed by atoms with van der Waals surface area (Å²) in [6, 6.07) is 18.3. The van der Waals surface area contributed by atoms with Crippen LogP contribution in [0.25, 0.3) is 0 Å². The van der Waals surface area contributed by atoms with E-state index in [1.165, 1.54) is 11.3 Å². The number of para-hydroxylation sites is 1. The summed E-state index contributed by atoms with van der Waals surface area (Å²) in [4.78, 5) is 11.0. The lowest BCUT2D eigenvalue weighted by Gasteiger charge is -2.22. The molecule has 0 radical (unpaired) electrons. The van der Waals surface area contributed by atoms with Gasteiger partial charge in [-0.05, 0) is 56.7 Å². The number of anilines is 5. The summed E-state index contributed by atoms with van der Waals surface area (Å²) in [5, 5.41) is 6.68. The van der Waals surface area contributed by atoms with Crippen molar-refractivity contribution in [3.05, 3.63) is 66.5 Å². The Balaban J connectivity index is 1.76. The molecule has 0 bridgehead atoms. The molecule has 0 atom stereocenters. The lowest BCUT2D eigenvalue weighted by molar-refractivity contribution is 0.866. The fourth-order valence-corrected chi connectivity index (χ4v) is 2.87. The number of nitrogens with zero attached hydrogens (tertiary/aromatic N) is 3. The van der Waals surface area contributed by atoms with Gasteiger partial charge in [0.05, 0.1) is 0 Å². The van der Waals surface area contributed by atoms with E-state index in [0.717, 1.165) is 36.1 Å². The van der Waals surface area contributed by atoms with Gasteiger partial charge in [-0.2, -0.15) is 0 Å². The molecule has 0 saturated carbocycles. The highest BCUT2D eigenvalue weighted by Gasteiger charge is 2.06.